The van der Waals surface area contributed by atoms with E-state index in [2.05, 4.69) is 20.4 Å². The first-order valence-electron chi connectivity index (χ1n) is 4.85. The van der Waals surface area contributed by atoms with Crippen molar-refractivity contribution in [2.75, 3.05) is 11.6 Å². The molecule has 2 heterocycles. The average Bonchev–Trinajstić information content (AvgIpc) is 2.74. The second kappa shape index (κ2) is 4.96. The Morgan fingerprint density at radius 2 is 2.29 bits per heavy atom. The number of nitrogens with zero attached hydrogens (tertiary/aromatic N) is 4. The van der Waals surface area contributed by atoms with Crippen LogP contribution in [0.3, 0.4) is 0 Å². The average molecular weight is 249 g/mol. The highest BCUT2D eigenvalue weighted by atomic mass is 32.2. The van der Waals surface area contributed by atoms with E-state index in [4.69, 9.17) is 0 Å². The number of thioether (sulfide) groups is 1. The summed E-state index contributed by atoms with van der Waals surface area (Å²) in [7, 11) is 1.82. The molecule has 2 aromatic rings. The summed E-state index contributed by atoms with van der Waals surface area (Å²) >= 11 is 1.42. The van der Waals surface area contributed by atoms with Crippen LogP contribution in [0.1, 0.15) is 10.4 Å². The molecule has 88 valence electrons. The van der Waals surface area contributed by atoms with Crippen LogP contribution in [0.4, 0.5) is 11.5 Å². The van der Waals surface area contributed by atoms with Gasteiger partial charge in [-0.1, -0.05) is 11.8 Å². The van der Waals surface area contributed by atoms with Gasteiger partial charge < -0.3 is 5.32 Å². The second-order valence-electron chi connectivity index (χ2n) is 3.31. The van der Waals surface area contributed by atoms with Crippen molar-refractivity contribution in [2.24, 2.45) is 7.05 Å². The van der Waals surface area contributed by atoms with Gasteiger partial charge in [-0.3, -0.25) is 9.48 Å². The van der Waals surface area contributed by atoms with Crippen LogP contribution in [-0.2, 0) is 7.05 Å². The predicted octanol–water partition coefficient (Wildman–Crippen LogP) is 1.49. The van der Waals surface area contributed by atoms with Gasteiger partial charge in [-0.2, -0.15) is 5.10 Å². The third-order valence-corrected chi connectivity index (χ3v) is 2.63. The molecule has 1 N–H and O–H groups in total. The molecule has 0 saturated heterocycles. The van der Waals surface area contributed by atoms with Crippen LogP contribution in [0.25, 0.3) is 0 Å². The monoisotopic (exact) mass is 249 g/mol. The van der Waals surface area contributed by atoms with Crippen molar-refractivity contribution >= 4 is 29.6 Å². The number of aryl methyl sites for hydroxylation is 1. The van der Waals surface area contributed by atoms with Crippen LogP contribution in [-0.4, -0.2) is 32.3 Å². The molecule has 0 unspecified atom stereocenters. The van der Waals surface area contributed by atoms with Crippen LogP contribution < -0.4 is 5.32 Å². The van der Waals surface area contributed by atoms with Gasteiger partial charge in [0.05, 0.1) is 17.4 Å². The first-order chi connectivity index (χ1) is 8.22. The van der Waals surface area contributed by atoms with Gasteiger partial charge in [-0.25, -0.2) is 9.97 Å². The molecule has 0 fully saturated rings. The maximum absolute atomic E-state index is 10.9. The number of carbonyl (C=O) groups is 1. The fourth-order valence-corrected chi connectivity index (χ4v) is 1.62. The van der Waals surface area contributed by atoms with Gasteiger partial charge in [0.1, 0.15) is 5.82 Å². The Hall–Kier alpha value is -1.89. The van der Waals surface area contributed by atoms with Gasteiger partial charge >= 0.3 is 0 Å². The quantitative estimate of drug-likeness (QED) is 0.503. The minimum absolute atomic E-state index is 0.423. The van der Waals surface area contributed by atoms with E-state index in [0.717, 1.165) is 12.0 Å². The Morgan fingerprint density at radius 1 is 1.47 bits per heavy atom. The minimum Gasteiger partial charge on any atom is -0.337 e. The van der Waals surface area contributed by atoms with E-state index in [1.807, 2.05) is 13.3 Å². The van der Waals surface area contributed by atoms with E-state index in [1.165, 1.54) is 18.0 Å². The highest BCUT2D eigenvalue weighted by Crippen LogP contribution is 2.19. The van der Waals surface area contributed by atoms with E-state index in [0.29, 0.717) is 16.5 Å². The highest BCUT2D eigenvalue weighted by Gasteiger charge is 2.07. The number of hydrogen-bond donors (Lipinski definition) is 1. The number of aromatic nitrogens is 4. The molecule has 2 aromatic heterocycles. The summed E-state index contributed by atoms with van der Waals surface area (Å²) in [5.41, 5.74) is 1.20. The zero-order chi connectivity index (χ0) is 12.3. The van der Waals surface area contributed by atoms with Crippen LogP contribution >= 0.6 is 11.8 Å². The summed E-state index contributed by atoms with van der Waals surface area (Å²) < 4.78 is 1.67. The van der Waals surface area contributed by atoms with Crippen molar-refractivity contribution in [3.63, 3.8) is 0 Å². The number of hydrogen-bond acceptors (Lipinski definition) is 6. The van der Waals surface area contributed by atoms with Crippen LogP contribution in [0, 0.1) is 0 Å². The topological polar surface area (TPSA) is 72.7 Å². The molecule has 0 amide bonds. The van der Waals surface area contributed by atoms with Crippen molar-refractivity contribution in [3.8, 4) is 0 Å². The Morgan fingerprint density at radius 3 is 2.88 bits per heavy atom. The van der Waals surface area contributed by atoms with Crippen molar-refractivity contribution in [1.29, 1.82) is 0 Å². The third kappa shape index (κ3) is 2.62. The Kier molecular flexibility index (Phi) is 3.38. The Balaban J connectivity index is 2.32. The summed E-state index contributed by atoms with van der Waals surface area (Å²) in [5.74, 6) is 0.493. The molecule has 0 aliphatic rings. The molecular formula is C10H11N5OS. The van der Waals surface area contributed by atoms with Crippen LogP contribution in [0.15, 0.2) is 23.7 Å². The molecule has 0 saturated carbocycles. The van der Waals surface area contributed by atoms with Crippen LogP contribution in [0.5, 0.6) is 0 Å². The summed E-state index contributed by atoms with van der Waals surface area (Å²) in [6.45, 7) is 0. The Labute approximate surface area is 102 Å². The van der Waals surface area contributed by atoms with E-state index in [1.54, 1.807) is 17.1 Å². The number of nitrogens with one attached hydrogen (secondary N) is 1. The van der Waals surface area contributed by atoms with Crippen molar-refractivity contribution in [2.45, 2.75) is 5.16 Å². The number of aldehydes is 1. The van der Waals surface area contributed by atoms with Gasteiger partial charge in [0.15, 0.2) is 11.4 Å². The van der Waals surface area contributed by atoms with E-state index < -0.39 is 0 Å². The van der Waals surface area contributed by atoms with Crippen molar-refractivity contribution in [3.05, 3.63) is 24.2 Å². The SMILES string of the molecule is CSc1ncc(C=O)c(Nc2cnn(C)c2)n1. The zero-order valence-electron chi connectivity index (χ0n) is 9.41. The maximum Gasteiger partial charge on any atom is 0.189 e. The standard InChI is InChI=1S/C10H11N5OS/c1-15-5-8(4-12-15)13-9-7(6-16)3-11-10(14-9)17-2/h3-6H,1-2H3,(H,11,13,14). The van der Waals surface area contributed by atoms with E-state index >= 15 is 0 Å². The summed E-state index contributed by atoms with van der Waals surface area (Å²) in [6.07, 6.45) is 7.57. The first kappa shape index (κ1) is 11.6. The third-order valence-electron chi connectivity index (χ3n) is 2.07. The molecule has 0 aliphatic heterocycles. The predicted molar refractivity (Wildman–Crippen MR) is 65.7 cm³/mol. The lowest BCUT2D eigenvalue weighted by Gasteiger charge is -2.05. The highest BCUT2D eigenvalue weighted by molar-refractivity contribution is 7.98. The molecule has 0 aliphatic carbocycles. The molecule has 0 spiro atoms. The summed E-state index contributed by atoms with van der Waals surface area (Å²) in [6, 6.07) is 0. The molecule has 7 heteroatoms. The van der Waals surface area contributed by atoms with Gasteiger partial charge in [-0.15, -0.1) is 0 Å². The first-order valence-corrected chi connectivity index (χ1v) is 6.07. The molecule has 17 heavy (non-hydrogen) atoms. The number of anilines is 2. The second-order valence-corrected chi connectivity index (χ2v) is 4.08. The van der Waals surface area contributed by atoms with Gasteiger partial charge in [0, 0.05) is 19.4 Å². The largest absolute Gasteiger partial charge is 0.337 e. The maximum atomic E-state index is 10.9. The van der Waals surface area contributed by atoms with Crippen molar-refractivity contribution < 1.29 is 4.79 Å². The molecule has 0 atom stereocenters. The molecule has 0 aromatic carbocycles. The lowest BCUT2D eigenvalue weighted by atomic mass is 10.3. The molecule has 0 radical (unpaired) electrons. The van der Waals surface area contributed by atoms with Gasteiger partial charge in [0.25, 0.3) is 0 Å². The fourth-order valence-electron chi connectivity index (χ4n) is 1.28. The molecule has 2 rings (SSSR count). The number of carbonyl (C=O) groups excluding carboxylic acids is 1. The van der Waals surface area contributed by atoms with E-state index in [-0.39, 0.29) is 0 Å². The van der Waals surface area contributed by atoms with Crippen molar-refractivity contribution in [1.82, 2.24) is 19.7 Å². The summed E-state index contributed by atoms with van der Waals surface area (Å²) in [5, 5.41) is 7.68. The normalized spacial score (nSPS) is 10.2. The molecule has 0 bridgehead atoms. The van der Waals surface area contributed by atoms with Gasteiger partial charge in [0.2, 0.25) is 0 Å². The fraction of sp³-hybridized carbons (Fsp3) is 0.200. The number of rotatable bonds is 4. The van der Waals surface area contributed by atoms with Crippen LogP contribution in [0.2, 0.25) is 0 Å². The lowest BCUT2D eigenvalue weighted by molar-refractivity contribution is 0.112. The van der Waals surface area contributed by atoms with E-state index in [9.17, 15) is 4.79 Å². The molecule has 6 nitrogen and oxygen atoms in total. The Bertz CT molecular complexity index is 539. The zero-order valence-corrected chi connectivity index (χ0v) is 10.2. The smallest absolute Gasteiger partial charge is 0.189 e. The van der Waals surface area contributed by atoms with Gasteiger partial charge in [-0.05, 0) is 6.26 Å². The molecular weight excluding hydrogens is 238 g/mol. The lowest BCUT2D eigenvalue weighted by Crippen LogP contribution is -2.00. The minimum atomic E-state index is 0.423. The summed E-state index contributed by atoms with van der Waals surface area (Å²) in [4.78, 5) is 19.1.